The Bertz CT molecular complexity index is 454. The van der Waals surface area contributed by atoms with E-state index in [4.69, 9.17) is 14.2 Å². The molecular formula is C14H21NO7S. The number of thioether (sulfide) groups is 1. The highest BCUT2D eigenvalue weighted by atomic mass is 32.2. The fourth-order valence-corrected chi connectivity index (χ4v) is 3.63. The third-order valence-corrected chi connectivity index (χ3v) is 4.33. The largest absolute Gasteiger partial charge is 0.457 e. The van der Waals surface area contributed by atoms with Crippen LogP contribution in [0.1, 0.15) is 27.7 Å². The van der Waals surface area contributed by atoms with Gasteiger partial charge in [-0.25, -0.2) is 0 Å². The van der Waals surface area contributed by atoms with Crippen LogP contribution in [0.25, 0.3) is 0 Å². The summed E-state index contributed by atoms with van der Waals surface area (Å²) in [6.45, 7) is 4.97. The van der Waals surface area contributed by atoms with Crippen molar-refractivity contribution in [3.05, 3.63) is 0 Å². The first-order valence-electron chi connectivity index (χ1n) is 6.99. The molecule has 130 valence electrons. The van der Waals surface area contributed by atoms with Gasteiger partial charge in [-0.3, -0.25) is 19.2 Å². The molecular weight excluding hydrogens is 326 g/mol. The molecule has 5 atom stereocenters. The number of rotatable bonds is 5. The second-order valence-electron chi connectivity index (χ2n) is 5.15. The lowest BCUT2D eigenvalue weighted by molar-refractivity contribution is -0.175. The third kappa shape index (κ3) is 5.12. The van der Waals surface area contributed by atoms with Crippen LogP contribution >= 0.6 is 11.8 Å². The number of hydrogen-bond acceptors (Lipinski definition) is 8. The first-order chi connectivity index (χ1) is 10.7. The van der Waals surface area contributed by atoms with E-state index >= 15 is 0 Å². The summed E-state index contributed by atoms with van der Waals surface area (Å²) in [4.78, 5) is 45.6. The number of esters is 3. The molecule has 0 aromatic rings. The second kappa shape index (κ2) is 8.19. The molecule has 0 bridgehead atoms. The van der Waals surface area contributed by atoms with Gasteiger partial charge in [0.15, 0.2) is 18.3 Å². The van der Waals surface area contributed by atoms with Crippen molar-refractivity contribution >= 4 is 35.6 Å². The summed E-state index contributed by atoms with van der Waals surface area (Å²) in [6, 6.07) is -0.653. The van der Waals surface area contributed by atoms with Crippen LogP contribution in [0.4, 0.5) is 0 Å². The SMILES string of the molecule is CS[C@H]1[C@H](NC(C)=O)[C@H](OC(C)=O)[C@H](OC(C)=O)[C@@H]1OC(C)=O. The number of carbonyl (C=O) groups is 4. The molecule has 0 heterocycles. The van der Waals surface area contributed by atoms with Crippen LogP contribution in [0.2, 0.25) is 0 Å². The molecule has 1 aliphatic rings. The van der Waals surface area contributed by atoms with Crippen LogP contribution in [0.3, 0.4) is 0 Å². The van der Waals surface area contributed by atoms with Crippen molar-refractivity contribution in [3.8, 4) is 0 Å². The Labute approximate surface area is 138 Å². The Hall–Kier alpha value is -1.77. The highest BCUT2D eigenvalue weighted by Gasteiger charge is 2.56. The minimum Gasteiger partial charge on any atom is -0.457 e. The summed E-state index contributed by atoms with van der Waals surface area (Å²) < 4.78 is 15.7. The summed E-state index contributed by atoms with van der Waals surface area (Å²) in [5.41, 5.74) is 0. The molecule has 0 aliphatic heterocycles. The zero-order chi connectivity index (χ0) is 17.7. The van der Waals surface area contributed by atoms with Crippen molar-refractivity contribution in [3.63, 3.8) is 0 Å². The highest BCUT2D eigenvalue weighted by Crippen LogP contribution is 2.36. The number of carbonyl (C=O) groups excluding carboxylic acids is 4. The number of nitrogens with one attached hydrogen (secondary N) is 1. The van der Waals surface area contributed by atoms with Gasteiger partial charge in [0.25, 0.3) is 0 Å². The zero-order valence-corrected chi connectivity index (χ0v) is 14.5. The van der Waals surface area contributed by atoms with E-state index in [1.165, 1.54) is 39.5 Å². The summed E-state index contributed by atoms with van der Waals surface area (Å²) >= 11 is 1.32. The topological polar surface area (TPSA) is 108 Å². The number of amides is 1. The number of hydrogen-bond donors (Lipinski definition) is 1. The molecule has 1 rings (SSSR count). The predicted molar refractivity (Wildman–Crippen MR) is 81.6 cm³/mol. The van der Waals surface area contributed by atoms with Crippen molar-refractivity contribution in [1.29, 1.82) is 0 Å². The number of ether oxygens (including phenoxy) is 3. The first-order valence-corrected chi connectivity index (χ1v) is 8.27. The van der Waals surface area contributed by atoms with E-state index in [1.807, 2.05) is 0 Å². The molecule has 1 saturated carbocycles. The average Bonchev–Trinajstić information content (AvgIpc) is 2.62. The maximum Gasteiger partial charge on any atom is 0.303 e. The van der Waals surface area contributed by atoms with E-state index in [9.17, 15) is 19.2 Å². The van der Waals surface area contributed by atoms with Crippen molar-refractivity contribution < 1.29 is 33.4 Å². The van der Waals surface area contributed by atoms with Gasteiger partial charge in [-0.1, -0.05) is 0 Å². The Morgan fingerprint density at radius 2 is 1.22 bits per heavy atom. The molecule has 0 radical (unpaired) electrons. The zero-order valence-electron chi connectivity index (χ0n) is 13.7. The minimum absolute atomic E-state index is 0.337. The summed E-state index contributed by atoms with van der Waals surface area (Å²) in [5, 5.41) is 2.25. The molecule has 9 heteroatoms. The lowest BCUT2D eigenvalue weighted by Crippen LogP contribution is -2.48. The van der Waals surface area contributed by atoms with E-state index in [0.717, 1.165) is 0 Å². The summed E-state index contributed by atoms with van der Waals surface area (Å²) in [5.74, 6) is -2.09. The van der Waals surface area contributed by atoms with Gasteiger partial charge in [0.05, 0.1) is 11.3 Å². The normalized spacial score (nSPS) is 29.5. The Morgan fingerprint density at radius 3 is 1.61 bits per heavy atom. The van der Waals surface area contributed by atoms with Gasteiger partial charge in [0.1, 0.15) is 0 Å². The molecule has 8 nitrogen and oxygen atoms in total. The van der Waals surface area contributed by atoms with Gasteiger partial charge < -0.3 is 19.5 Å². The fourth-order valence-electron chi connectivity index (χ4n) is 2.63. The van der Waals surface area contributed by atoms with Crippen LogP contribution in [0.5, 0.6) is 0 Å². The molecule has 0 saturated heterocycles. The fraction of sp³-hybridized carbons (Fsp3) is 0.714. The van der Waals surface area contributed by atoms with Crippen molar-refractivity contribution in [2.24, 2.45) is 0 Å². The van der Waals surface area contributed by atoms with Gasteiger partial charge in [-0.05, 0) is 6.26 Å². The van der Waals surface area contributed by atoms with E-state index in [1.54, 1.807) is 6.26 Å². The van der Waals surface area contributed by atoms with Gasteiger partial charge in [0, 0.05) is 27.7 Å². The Kier molecular flexibility index (Phi) is 6.86. The van der Waals surface area contributed by atoms with Gasteiger partial charge in [0.2, 0.25) is 5.91 Å². The van der Waals surface area contributed by atoms with Crippen LogP contribution < -0.4 is 5.32 Å². The quantitative estimate of drug-likeness (QED) is 0.548. The summed E-state index contributed by atoms with van der Waals surface area (Å²) in [6.07, 6.45) is -1.01. The van der Waals surface area contributed by atoms with E-state index < -0.39 is 47.5 Å². The first kappa shape index (κ1) is 19.3. The molecule has 0 aromatic heterocycles. The molecule has 1 fully saturated rings. The molecule has 0 aromatic carbocycles. The third-order valence-electron chi connectivity index (χ3n) is 3.23. The maximum atomic E-state index is 11.5. The molecule has 1 amide bonds. The summed E-state index contributed by atoms with van der Waals surface area (Å²) in [7, 11) is 0. The molecule has 1 N–H and O–H groups in total. The lowest BCUT2D eigenvalue weighted by atomic mass is 10.2. The maximum absolute atomic E-state index is 11.5. The van der Waals surface area contributed by atoms with Crippen molar-refractivity contribution in [2.45, 2.75) is 57.3 Å². The van der Waals surface area contributed by atoms with Crippen LogP contribution in [0.15, 0.2) is 0 Å². The molecule has 0 spiro atoms. The van der Waals surface area contributed by atoms with Crippen LogP contribution in [-0.2, 0) is 33.4 Å². The molecule has 23 heavy (non-hydrogen) atoms. The van der Waals surface area contributed by atoms with Crippen LogP contribution in [-0.4, -0.2) is 59.7 Å². The van der Waals surface area contributed by atoms with Gasteiger partial charge in [-0.15, -0.1) is 0 Å². The van der Waals surface area contributed by atoms with E-state index in [0.29, 0.717) is 0 Å². The van der Waals surface area contributed by atoms with E-state index in [2.05, 4.69) is 5.32 Å². The minimum atomic E-state index is -0.991. The van der Waals surface area contributed by atoms with Gasteiger partial charge >= 0.3 is 17.9 Å². The van der Waals surface area contributed by atoms with E-state index in [-0.39, 0.29) is 5.91 Å². The van der Waals surface area contributed by atoms with Crippen LogP contribution in [0, 0.1) is 0 Å². The molecule has 1 aliphatic carbocycles. The monoisotopic (exact) mass is 347 g/mol. The second-order valence-corrected chi connectivity index (χ2v) is 6.16. The lowest BCUT2D eigenvalue weighted by Gasteiger charge is -2.25. The standard InChI is InChI=1S/C14H21NO7S/c1-6(16)15-10-11(20-7(2)17)12(21-8(3)18)13(14(10)23-5)22-9(4)19/h10-14H,1-5H3,(H,15,16)/t10-,11+,12+,13+,14+/m1/s1. The smallest absolute Gasteiger partial charge is 0.303 e. The van der Waals surface area contributed by atoms with Gasteiger partial charge in [-0.2, -0.15) is 11.8 Å². The average molecular weight is 347 g/mol. The highest BCUT2D eigenvalue weighted by molar-refractivity contribution is 7.99. The Morgan fingerprint density at radius 1 is 0.783 bits per heavy atom. The molecule has 0 unspecified atom stereocenters. The predicted octanol–water partition coefficient (Wildman–Crippen LogP) is 0.0314. The van der Waals surface area contributed by atoms with Crippen molar-refractivity contribution in [2.75, 3.05) is 6.26 Å². The van der Waals surface area contributed by atoms with Crippen molar-refractivity contribution in [1.82, 2.24) is 5.32 Å². The Balaban J connectivity index is 3.23.